The maximum absolute atomic E-state index is 2.28. The van der Waals surface area contributed by atoms with Gasteiger partial charge in [-0.3, -0.25) is 0 Å². The Labute approximate surface area is 62.9 Å². The Morgan fingerprint density at radius 3 is 2.90 bits per heavy atom. The standard InChI is InChI=1S/C10H14/c1-3-4-10-7-5-9(2)6-8-10/h3-7,10H,8H2,1-2H3/b4-3+. The Hall–Kier alpha value is -0.780. The lowest BCUT2D eigenvalue weighted by molar-refractivity contribution is 0.812. The van der Waals surface area contributed by atoms with E-state index in [1.54, 1.807) is 0 Å². The molecule has 0 bridgehead atoms. The van der Waals surface area contributed by atoms with E-state index in [9.17, 15) is 0 Å². The molecule has 0 spiro atoms. The summed E-state index contributed by atoms with van der Waals surface area (Å²) >= 11 is 0. The summed E-state index contributed by atoms with van der Waals surface area (Å²) in [5.41, 5.74) is 1.39. The summed E-state index contributed by atoms with van der Waals surface area (Å²) in [6, 6.07) is 0. The fourth-order valence-electron chi connectivity index (χ4n) is 1.13. The first-order valence-corrected chi connectivity index (χ1v) is 3.80. The molecule has 1 aliphatic carbocycles. The van der Waals surface area contributed by atoms with Crippen molar-refractivity contribution in [1.29, 1.82) is 0 Å². The average molecular weight is 134 g/mol. The van der Waals surface area contributed by atoms with Crippen LogP contribution in [0.4, 0.5) is 0 Å². The average Bonchev–Trinajstić information content (AvgIpc) is 1.95. The molecule has 0 aromatic carbocycles. The van der Waals surface area contributed by atoms with Gasteiger partial charge in [-0.1, -0.05) is 36.0 Å². The van der Waals surface area contributed by atoms with E-state index < -0.39 is 0 Å². The van der Waals surface area contributed by atoms with Crippen LogP contribution in [0.3, 0.4) is 0 Å². The molecule has 0 nitrogen and oxygen atoms in total. The zero-order valence-electron chi connectivity index (χ0n) is 6.67. The Balaban J connectivity index is 2.52. The normalized spacial score (nSPS) is 25.4. The van der Waals surface area contributed by atoms with Gasteiger partial charge in [0.2, 0.25) is 0 Å². The molecule has 0 heterocycles. The second-order valence-electron chi connectivity index (χ2n) is 2.73. The van der Waals surface area contributed by atoms with Gasteiger partial charge in [0.15, 0.2) is 0 Å². The van der Waals surface area contributed by atoms with E-state index in [1.165, 1.54) is 12.0 Å². The number of hydrogen-bond donors (Lipinski definition) is 0. The molecule has 1 rings (SSSR count). The highest BCUT2D eigenvalue weighted by molar-refractivity contribution is 5.23. The zero-order chi connectivity index (χ0) is 7.40. The third-order valence-electron chi connectivity index (χ3n) is 1.76. The van der Waals surface area contributed by atoms with E-state index in [0.29, 0.717) is 5.92 Å². The largest absolute Gasteiger partial charge is 0.0911 e. The summed E-state index contributed by atoms with van der Waals surface area (Å²) in [4.78, 5) is 0. The lowest BCUT2D eigenvalue weighted by Crippen LogP contribution is -1.93. The molecule has 0 amide bonds. The minimum absolute atomic E-state index is 0.647. The van der Waals surface area contributed by atoms with Gasteiger partial charge in [-0.2, -0.15) is 0 Å². The topological polar surface area (TPSA) is 0 Å². The highest BCUT2D eigenvalue weighted by atomic mass is 14.1. The molecule has 0 heteroatoms. The smallest absolute Gasteiger partial charge is 0.00157 e. The quantitative estimate of drug-likeness (QED) is 0.483. The summed E-state index contributed by atoms with van der Waals surface area (Å²) < 4.78 is 0. The second kappa shape index (κ2) is 3.40. The predicted molar refractivity (Wildman–Crippen MR) is 45.8 cm³/mol. The summed E-state index contributed by atoms with van der Waals surface area (Å²) in [6.45, 7) is 4.21. The van der Waals surface area contributed by atoms with Crippen LogP contribution in [-0.2, 0) is 0 Å². The van der Waals surface area contributed by atoms with E-state index >= 15 is 0 Å². The van der Waals surface area contributed by atoms with Crippen LogP contribution >= 0.6 is 0 Å². The van der Waals surface area contributed by atoms with Crippen molar-refractivity contribution in [3.8, 4) is 0 Å². The molecule has 0 radical (unpaired) electrons. The van der Waals surface area contributed by atoms with Crippen LogP contribution in [0.15, 0.2) is 36.0 Å². The molecule has 0 aliphatic heterocycles. The minimum atomic E-state index is 0.647. The van der Waals surface area contributed by atoms with Gasteiger partial charge < -0.3 is 0 Å². The van der Waals surface area contributed by atoms with Crippen molar-refractivity contribution in [3.05, 3.63) is 36.0 Å². The maximum atomic E-state index is 2.28. The van der Waals surface area contributed by atoms with Gasteiger partial charge in [0.1, 0.15) is 0 Å². The molecular weight excluding hydrogens is 120 g/mol. The highest BCUT2D eigenvalue weighted by Gasteiger charge is 2.00. The molecular formula is C10H14. The van der Waals surface area contributed by atoms with Gasteiger partial charge in [-0.25, -0.2) is 0 Å². The molecule has 0 N–H and O–H groups in total. The first-order valence-electron chi connectivity index (χ1n) is 3.80. The summed E-state index contributed by atoms with van der Waals surface area (Å²) in [7, 11) is 0. The van der Waals surface area contributed by atoms with E-state index in [0.717, 1.165) is 0 Å². The van der Waals surface area contributed by atoms with Gasteiger partial charge in [-0.05, 0) is 26.2 Å². The second-order valence-corrected chi connectivity index (χ2v) is 2.73. The molecule has 1 aliphatic rings. The maximum Gasteiger partial charge on any atom is -0.00157 e. The van der Waals surface area contributed by atoms with Crippen molar-refractivity contribution >= 4 is 0 Å². The van der Waals surface area contributed by atoms with Gasteiger partial charge in [-0.15, -0.1) is 0 Å². The van der Waals surface area contributed by atoms with Crippen molar-refractivity contribution < 1.29 is 0 Å². The van der Waals surface area contributed by atoms with Crippen molar-refractivity contribution in [3.63, 3.8) is 0 Å². The van der Waals surface area contributed by atoms with Crippen molar-refractivity contribution in [2.24, 2.45) is 5.92 Å². The minimum Gasteiger partial charge on any atom is -0.0911 e. The van der Waals surface area contributed by atoms with E-state index in [1.807, 2.05) is 0 Å². The van der Waals surface area contributed by atoms with Crippen molar-refractivity contribution in [2.45, 2.75) is 20.3 Å². The van der Waals surface area contributed by atoms with E-state index in [-0.39, 0.29) is 0 Å². The van der Waals surface area contributed by atoms with Crippen LogP contribution < -0.4 is 0 Å². The predicted octanol–water partition coefficient (Wildman–Crippen LogP) is 3.08. The fourth-order valence-corrected chi connectivity index (χ4v) is 1.13. The SMILES string of the molecule is C/C=C/C1C=CC(C)=CC1. The van der Waals surface area contributed by atoms with Gasteiger partial charge in [0, 0.05) is 0 Å². The molecule has 0 fully saturated rings. The lowest BCUT2D eigenvalue weighted by atomic mass is 9.97. The van der Waals surface area contributed by atoms with Crippen LogP contribution in [0.5, 0.6) is 0 Å². The van der Waals surface area contributed by atoms with Gasteiger partial charge in [0.25, 0.3) is 0 Å². The van der Waals surface area contributed by atoms with Crippen molar-refractivity contribution in [1.82, 2.24) is 0 Å². The number of rotatable bonds is 1. The molecule has 1 atom stereocenters. The molecule has 1 unspecified atom stereocenters. The third-order valence-corrected chi connectivity index (χ3v) is 1.76. The van der Waals surface area contributed by atoms with E-state index in [2.05, 4.69) is 44.2 Å². The monoisotopic (exact) mass is 134 g/mol. The Morgan fingerprint density at radius 2 is 2.40 bits per heavy atom. The summed E-state index contributed by atoms with van der Waals surface area (Å²) in [5.74, 6) is 0.647. The Bertz CT molecular complexity index is 182. The summed E-state index contributed by atoms with van der Waals surface area (Å²) in [5, 5.41) is 0. The molecule has 54 valence electrons. The molecule has 10 heavy (non-hydrogen) atoms. The Kier molecular flexibility index (Phi) is 2.49. The van der Waals surface area contributed by atoms with Crippen LogP contribution in [0, 0.1) is 5.92 Å². The van der Waals surface area contributed by atoms with Gasteiger partial charge >= 0.3 is 0 Å². The fraction of sp³-hybridized carbons (Fsp3) is 0.400. The molecule has 0 aromatic heterocycles. The van der Waals surface area contributed by atoms with Crippen LogP contribution in [0.1, 0.15) is 20.3 Å². The van der Waals surface area contributed by atoms with Crippen LogP contribution in [0.2, 0.25) is 0 Å². The Morgan fingerprint density at radius 1 is 1.60 bits per heavy atom. The third kappa shape index (κ3) is 1.87. The van der Waals surface area contributed by atoms with Crippen LogP contribution in [-0.4, -0.2) is 0 Å². The zero-order valence-corrected chi connectivity index (χ0v) is 6.67. The lowest BCUT2D eigenvalue weighted by Gasteiger charge is -2.08. The van der Waals surface area contributed by atoms with Crippen molar-refractivity contribution in [2.75, 3.05) is 0 Å². The van der Waals surface area contributed by atoms with Crippen LogP contribution in [0.25, 0.3) is 0 Å². The van der Waals surface area contributed by atoms with Gasteiger partial charge in [0.05, 0.1) is 0 Å². The number of allylic oxidation sites excluding steroid dienone is 6. The first-order chi connectivity index (χ1) is 4.83. The first kappa shape index (κ1) is 7.33. The summed E-state index contributed by atoms with van der Waals surface area (Å²) in [6.07, 6.45) is 12.3. The molecule has 0 saturated carbocycles. The number of hydrogen-bond acceptors (Lipinski definition) is 0. The molecule has 0 aromatic rings. The van der Waals surface area contributed by atoms with E-state index in [4.69, 9.17) is 0 Å². The highest BCUT2D eigenvalue weighted by Crippen LogP contribution is 2.16. The molecule has 0 saturated heterocycles.